The predicted molar refractivity (Wildman–Crippen MR) is 99.2 cm³/mol. The van der Waals surface area contributed by atoms with E-state index in [-0.39, 0.29) is 17.9 Å². The third-order valence-corrected chi connectivity index (χ3v) is 6.08. The molecule has 0 aromatic heterocycles. The zero-order valence-electron chi connectivity index (χ0n) is 15.2. The molecule has 26 heavy (non-hydrogen) atoms. The van der Waals surface area contributed by atoms with Crippen molar-refractivity contribution in [1.82, 2.24) is 10.6 Å². The van der Waals surface area contributed by atoms with Crippen molar-refractivity contribution in [3.8, 4) is 5.75 Å². The summed E-state index contributed by atoms with van der Waals surface area (Å²) in [4.78, 5) is 27.2. The summed E-state index contributed by atoms with van der Waals surface area (Å²) >= 11 is 0. The van der Waals surface area contributed by atoms with Gasteiger partial charge in [0.1, 0.15) is 11.8 Å². The highest BCUT2D eigenvalue weighted by atomic mass is 16.5. The van der Waals surface area contributed by atoms with E-state index in [0.29, 0.717) is 30.7 Å². The zero-order valence-corrected chi connectivity index (χ0v) is 15.2. The van der Waals surface area contributed by atoms with Crippen LogP contribution in [0.4, 0.5) is 5.69 Å². The topological polar surface area (TPSA) is 70.7 Å². The van der Waals surface area contributed by atoms with E-state index in [1.807, 2.05) is 24.3 Å². The Bertz CT molecular complexity index is 679. The standard InChI is InChI=1S/C20H27N3O3/c1-26-18-9-5-4-8-17(18)23-11-10-15(20(23)25)22-19(24)16-12-13-6-2-3-7-14(13)21-16/h4-5,8-9,13-16,21H,2-3,6-7,10-12H2,1H3,(H,22,24). The normalized spacial score (nSPS) is 31.0. The van der Waals surface area contributed by atoms with Crippen LogP contribution in [0.2, 0.25) is 0 Å². The highest BCUT2D eigenvalue weighted by molar-refractivity contribution is 6.02. The number of nitrogens with one attached hydrogen (secondary N) is 2. The molecule has 2 aliphatic heterocycles. The minimum Gasteiger partial charge on any atom is -0.495 e. The first-order valence-corrected chi connectivity index (χ1v) is 9.68. The average molecular weight is 357 g/mol. The van der Waals surface area contributed by atoms with Gasteiger partial charge in [-0.3, -0.25) is 9.59 Å². The van der Waals surface area contributed by atoms with Crippen molar-refractivity contribution in [2.24, 2.45) is 5.92 Å². The quantitative estimate of drug-likeness (QED) is 0.863. The number of amides is 2. The molecule has 2 amide bonds. The number of methoxy groups -OCH3 is 1. The minimum absolute atomic E-state index is 0.0281. The number of rotatable bonds is 4. The van der Waals surface area contributed by atoms with E-state index < -0.39 is 6.04 Å². The minimum atomic E-state index is -0.447. The molecule has 1 saturated carbocycles. The van der Waals surface area contributed by atoms with Crippen LogP contribution in [-0.4, -0.2) is 43.6 Å². The number of hydrogen-bond acceptors (Lipinski definition) is 4. The van der Waals surface area contributed by atoms with Crippen LogP contribution in [-0.2, 0) is 9.59 Å². The molecule has 4 unspecified atom stereocenters. The summed E-state index contributed by atoms with van der Waals surface area (Å²) in [6.07, 6.45) is 6.42. The number of fused-ring (bicyclic) bond motifs is 1. The van der Waals surface area contributed by atoms with Gasteiger partial charge < -0.3 is 20.3 Å². The van der Waals surface area contributed by atoms with Gasteiger partial charge in [-0.25, -0.2) is 0 Å². The van der Waals surface area contributed by atoms with E-state index in [2.05, 4.69) is 10.6 Å². The van der Waals surface area contributed by atoms with Crippen molar-refractivity contribution in [3.05, 3.63) is 24.3 Å². The van der Waals surface area contributed by atoms with Gasteiger partial charge in [0.25, 0.3) is 0 Å². The summed E-state index contributed by atoms with van der Waals surface area (Å²) in [6, 6.07) is 7.37. The van der Waals surface area contributed by atoms with Gasteiger partial charge in [-0.2, -0.15) is 0 Å². The zero-order chi connectivity index (χ0) is 18.1. The number of nitrogens with zero attached hydrogens (tertiary/aromatic N) is 1. The van der Waals surface area contributed by atoms with Crippen LogP contribution in [0.15, 0.2) is 24.3 Å². The van der Waals surface area contributed by atoms with Gasteiger partial charge in [0.05, 0.1) is 18.8 Å². The number of carbonyl (C=O) groups excluding carboxylic acids is 2. The molecule has 4 atom stereocenters. The Morgan fingerprint density at radius 2 is 2.04 bits per heavy atom. The van der Waals surface area contributed by atoms with E-state index in [0.717, 1.165) is 12.1 Å². The fourth-order valence-electron chi connectivity index (χ4n) is 4.70. The lowest BCUT2D eigenvalue weighted by atomic mass is 9.85. The van der Waals surface area contributed by atoms with Gasteiger partial charge in [-0.15, -0.1) is 0 Å². The molecule has 1 aliphatic carbocycles. The Balaban J connectivity index is 1.39. The summed E-state index contributed by atoms with van der Waals surface area (Å²) in [5.74, 6) is 1.20. The lowest BCUT2D eigenvalue weighted by Crippen LogP contribution is -2.49. The van der Waals surface area contributed by atoms with Crippen molar-refractivity contribution in [2.45, 2.75) is 56.7 Å². The molecule has 3 aliphatic rings. The average Bonchev–Trinajstić information content (AvgIpc) is 3.26. The smallest absolute Gasteiger partial charge is 0.249 e. The van der Waals surface area contributed by atoms with Gasteiger partial charge in [0.2, 0.25) is 11.8 Å². The molecule has 1 aromatic rings. The first-order chi connectivity index (χ1) is 12.7. The molecule has 1 aromatic carbocycles. The van der Waals surface area contributed by atoms with Crippen LogP contribution < -0.4 is 20.3 Å². The lowest BCUT2D eigenvalue weighted by Gasteiger charge is -2.24. The van der Waals surface area contributed by atoms with Crippen molar-refractivity contribution in [1.29, 1.82) is 0 Å². The van der Waals surface area contributed by atoms with E-state index in [1.165, 1.54) is 25.7 Å². The molecular formula is C20H27N3O3. The van der Waals surface area contributed by atoms with Gasteiger partial charge in [0, 0.05) is 12.6 Å². The van der Waals surface area contributed by atoms with Crippen molar-refractivity contribution in [2.75, 3.05) is 18.6 Å². The summed E-state index contributed by atoms with van der Waals surface area (Å²) < 4.78 is 5.37. The Morgan fingerprint density at radius 3 is 2.85 bits per heavy atom. The van der Waals surface area contributed by atoms with Crippen LogP contribution in [0.25, 0.3) is 0 Å². The molecular weight excluding hydrogens is 330 g/mol. The van der Waals surface area contributed by atoms with Crippen LogP contribution >= 0.6 is 0 Å². The number of hydrogen-bond donors (Lipinski definition) is 2. The van der Waals surface area contributed by atoms with E-state index >= 15 is 0 Å². The first kappa shape index (κ1) is 17.3. The highest BCUT2D eigenvalue weighted by Gasteiger charge is 2.41. The van der Waals surface area contributed by atoms with Crippen molar-refractivity contribution >= 4 is 17.5 Å². The molecule has 3 fully saturated rings. The molecule has 2 heterocycles. The van der Waals surface area contributed by atoms with Crippen LogP contribution in [0.5, 0.6) is 5.75 Å². The summed E-state index contributed by atoms with van der Waals surface area (Å²) in [6.45, 7) is 0.591. The molecule has 2 saturated heterocycles. The molecule has 2 N–H and O–H groups in total. The summed E-state index contributed by atoms with van der Waals surface area (Å²) in [5, 5.41) is 6.47. The van der Waals surface area contributed by atoms with E-state index in [1.54, 1.807) is 12.0 Å². The first-order valence-electron chi connectivity index (χ1n) is 9.68. The summed E-state index contributed by atoms with van der Waals surface area (Å²) in [5.41, 5.74) is 0.766. The van der Waals surface area contributed by atoms with Gasteiger partial charge >= 0.3 is 0 Å². The number of benzene rings is 1. The Labute approximate surface area is 154 Å². The van der Waals surface area contributed by atoms with Crippen LogP contribution in [0, 0.1) is 5.92 Å². The third kappa shape index (κ3) is 3.18. The monoisotopic (exact) mass is 357 g/mol. The molecule has 0 radical (unpaired) electrons. The Morgan fingerprint density at radius 1 is 1.23 bits per heavy atom. The van der Waals surface area contributed by atoms with E-state index in [9.17, 15) is 9.59 Å². The second-order valence-electron chi connectivity index (χ2n) is 7.62. The second-order valence-corrected chi connectivity index (χ2v) is 7.62. The number of ether oxygens (including phenoxy) is 1. The molecule has 6 heteroatoms. The molecule has 6 nitrogen and oxygen atoms in total. The largest absolute Gasteiger partial charge is 0.495 e. The number of carbonyl (C=O) groups is 2. The lowest BCUT2D eigenvalue weighted by molar-refractivity contribution is -0.127. The fourth-order valence-corrected chi connectivity index (χ4v) is 4.70. The van der Waals surface area contributed by atoms with Crippen molar-refractivity contribution in [3.63, 3.8) is 0 Å². The second kappa shape index (κ2) is 7.27. The maximum atomic E-state index is 12.8. The van der Waals surface area contributed by atoms with Crippen LogP contribution in [0.3, 0.4) is 0 Å². The molecule has 4 rings (SSSR count). The fraction of sp³-hybridized carbons (Fsp3) is 0.600. The van der Waals surface area contributed by atoms with Gasteiger partial charge in [-0.1, -0.05) is 25.0 Å². The van der Waals surface area contributed by atoms with Crippen molar-refractivity contribution < 1.29 is 14.3 Å². The molecule has 140 valence electrons. The maximum Gasteiger partial charge on any atom is 0.249 e. The van der Waals surface area contributed by atoms with Gasteiger partial charge in [0.15, 0.2) is 0 Å². The Hall–Kier alpha value is -2.08. The maximum absolute atomic E-state index is 12.8. The summed E-state index contributed by atoms with van der Waals surface area (Å²) in [7, 11) is 1.60. The number of anilines is 1. The third-order valence-electron chi connectivity index (χ3n) is 6.08. The number of para-hydroxylation sites is 2. The predicted octanol–water partition coefficient (Wildman–Crippen LogP) is 1.84. The van der Waals surface area contributed by atoms with Crippen LogP contribution in [0.1, 0.15) is 38.5 Å². The SMILES string of the molecule is COc1ccccc1N1CCC(NC(=O)C2CC3CCCCC3N2)C1=O. The van der Waals surface area contributed by atoms with Gasteiger partial charge in [-0.05, 0) is 43.7 Å². The molecule has 0 bridgehead atoms. The molecule has 0 spiro atoms. The Kier molecular flexibility index (Phi) is 4.85. The highest BCUT2D eigenvalue weighted by Crippen LogP contribution is 2.34. The van der Waals surface area contributed by atoms with E-state index in [4.69, 9.17) is 4.74 Å².